The van der Waals surface area contributed by atoms with Gasteiger partial charge in [0.05, 0.1) is 22.0 Å². The van der Waals surface area contributed by atoms with Crippen LogP contribution in [0.5, 0.6) is 0 Å². The molecule has 0 spiro atoms. The van der Waals surface area contributed by atoms with Gasteiger partial charge in [-0.2, -0.15) is 4.31 Å². The second-order valence-corrected chi connectivity index (χ2v) is 8.82. The van der Waals surface area contributed by atoms with E-state index in [-0.39, 0.29) is 36.1 Å². The summed E-state index contributed by atoms with van der Waals surface area (Å²) in [4.78, 5) is 23.5. The van der Waals surface area contributed by atoms with Gasteiger partial charge in [-0.1, -0.05) is 6.07 Å². The molecule has 7 nitrogen and oxygen atoms in total. The third-order valence-corrected chi connectivity index (χ3v) is 6.21. The Labute approximate surface area is 147 Å². The Balaban J connectivity index is 2.35. The number of nitrogens with zero attached hydrogens (tertiary/aromatic N) is 1. The quantitative estimate of drug-likeness (QED) is 0.797. The van der Waals surface area contributed by atoms with Crippen LogP contribution in [0.3, 0.4) is 0 Å². The molecule has 0 radical (unpaired) electrons. The molecule has 0 aromatic heterocycles. The highest BCUT2D eigenvalue weighted by Crippen LogP contribution is 2.34. The first-order valence-electron chi connectivity index (χ1n) is 8.02. The van der Waals surface area contributed by atoms with E-state index in [1.807, 2.05) is 0 Å². The van der Waals surface area contributed by atoms with Crippen molar-refractivity contribution in [1.82, 2.24) is 4.31 Å². The molecule has 1 unspecified atom stereocenters. The summed E-state index contributed by atoms with van der Waals surface area (Å²) in [6.45, 7) is 6.70. The minimum absolute atomic E-state index is 0.0385. The molecule has 1 aliphatic rings. The van der Waals surface area contributed by atoms with Gasteiger partial charge >= 0.3 is 11.9 Å². The average Bonchev–Trinajstić information content (AvgIpc) is 2.91. The van der Waals surface area contributed by atoms with E-state index in [4.69, 9.17) is 4.74 Å². The molecular formula is C17H23NO6S. The molecule has 138 valence electrons. The fourth-order valence-corrected chi connectivity index (χ4v) is 4.30. The van der Waals surface area contributed by atoms with E-state index in [2.05, 4.69) is 0 Å². The fraction of sp³-hybridized carbons (Fsp3) is 0.529. The highest BCUT2D eigenvalue weighted by molar-refractivity contribution is 7.89. The summed E-state index contributed by atoms with van der Waals surface area (Å²) < 4.78 is 32.0. The van der Waals surface area contributed by atoms with Crippen molar-refractivity contribution in [3.05, 3.63) is 29.3 Å². The van der Waals surface area contributed by atoms with Gasteiger partial charge in [-0.3, -0.25) is 4.79 Å². The molecule has 1 atom stereocenters. The number of carboxylic acid groups (broad SMARTS) is 1. The minimum Gasteiger partial charge on any atom is -0.481 e. The van der Waals surface area contributed by atoms with Gasteiger partial charge in [-0.15, -0.1) is 0 Å². The lowest BCUT2D eigenvalue weighted by Gasteiger charge is -2.20. The number of ether oxygens (including phenoxy) is 1. The van der Waals surface area contributed by atoms with Gasteiger partial charge < -0.3 is 9.84 Å². The topological polar surface area (TPSA) is 101 Å². The molecule has 1 aliphatic heterocycles. The van der Waals surface area contributed by atoms with E-state index in [9.17, 15) is 23.1 Å². The highest BCUT2D eigenvalue weighted by atomic mass is 32.2. The number of hydrogen-bond acceptors (Lipinski definition) is 5. The van der Waals surface area contributed by atoms with Crippen LogP contribution in [0, 0.1) is 12.3 Å². The van der Waals surface area contributed by atoms with E-state index >= 15 is 0 Å². The number of carbonyl (C=O) groups is 2. The van der Waals surface area contributed by atoms with Gasteiger partial charge in [0.1, 0.15) is 0 Å². The number of sulfonamides is 1. The molecule has 1 aromatic carbocycles. The van der Waals surface area contributed by atoms with Crippen molar-refractivity contribution in [1.29, 1.82) is 0 Å². The fourth-order valence-electron chi connectivity index (χ4n) is 2.71. The van der Waals surface area contributed by atoms with Crippen LogP contribution in [-0.4, -0.2) is 49.0 Å². The summed E-state index contributed by atoms with van der Waals surface area (Å²) >= 11 is 0. The molecular weight excluding hydrogens is 346 g/mol. The van der Waals surface area contributed by atoms with E-state index in [1.54, 1.807) is 26.8 Å². The maximum atomic E-state index is 12.8. The van der Waals surface area contributed by atoms with Crippen LogP contribution < -0.4 is 0 Å². The van der Waals surface area contributed by atoms with E-state index in [0.29, 0.717) is 5.56 Å². The summed E-state index contributed by atoms with van der Waals surface area (Å²) in [5.74, 6) is -1.60. The molecule has 0 aliphatic carbocycles. The largest absolute Gasteiger partial charge is 0.481 e. The van der Waals surface area contributed by atoms with Crippen molar-refractivity contribution >= 4 is 22.0 Å². The van der Waals surface area contributed by atoms with Crippen molar-refractivity contribution in [3.8, 4) is 0 Å². The molecule has 1 heterocycles. The molecule has 1 saturated heterocycles. The summed E-state index contributed by atoms with van der Waals surface area (Å²) in [7, 11) is -3.88. The SMILES string of the molecule is Cc1ccc(S(=O)(=O)N2CCC(C)(C(=O)O)C2)cc1C(=O)OC(C)C. The first-order valence-corrected chi connectivity index (χ1v) is 9.46. The van der Waals surface area contributed by atoms with Crippen LogP contribution in [-0.2, 0) is 19.6 Å². The number of rotatable bonds is 5. The van der Waals surface area contributed by atoms with Gasteiger partial charge in [0.25, 0.3) is 0 Å². The van der Waals surface area contributed by atoms with Gasteiger partial charge in [0.2, 0.25) is 10.0 Å². The molecule has 1 fully saturated rings. The Morgan fingerprint density at radius 1 is 1.32 bits per heavy atom. The van der Waals surface area contributed by atoms with Crippen LogP contribution in [0.1, 0.15) is 43.1 Å². The normalized spacial score (nSPS) is 21.5. The minimum atomic E-state index is -3.88. The number of aryl methyl sites for hydroxylation is 1. The second kappa shape index (κ2) is 6.76. The predicted octanol–water partition coefficient (Wildman–Crippen LogP) is 2.05. The van der Waals surface area contributed by atoms with Crippen molar-refractivity contribution in [2.24, 2.45) is 5.41 Å². The van der Waals surface area contributed by atoms with Crippen LogP contribution in [0.2, 0.25) is 0 Å². The van der Waals surface area contributed by atoms with Crippen molar-refractivity contribution in [3.63, 3.8) is 0 Å². The molecule has 25 heavy (non-hydrogen) atoms. The highest BCUT2D eigenvalue weighted by Gasteiger charge is 2.45. The summed E-state index contributed by atoms with van der Waals surface area (Å²) in [6.07, 6.45) is -0.0719. The number of benzene rings is 1. The number of aliphatic carboxylic acids is 1. The van der Waals surface area contributed by atoms with Gasteiger partial charge in [0, 0.05) is 13.1 Å². The Kier molecular flexibility index (Phi) is 5.24. The standard InChI is InChI=1S/C17H23NO6S/c1-11(2)24-15(19)14-9-13(6-5-12(14)3)25(22,23)18-8-7-17(4,10-18)16(20)21/h5-6,9,11H,7-8,10H2,1-4H3,(H,20,21). The second-order valence-electron chi connectivity index (χ2n) is 6.89. The summed E-state index contributed by atoms with van der Waals surface area (Å²) in [6, 6.07) is 4.27. The molecule has 8 heteroatoms. The Bertz CT molecular complexity index is 801. The molecule has 0 bridgehead atoms. The smallest absolute Gasteiger partial charge is 0.338 e. The number of esters is 1. The summed E-state index contributed by atoms with van der Waals surface area (Å²) in [5.41, 5.74) is -0.298. The Morgan fingerprint density at radius 2 is 1.96 bits per heavy atom. The zero-order valence-corrected chi connectivity index (χ0v) is 15.6. The van der Waals surface area contributed by atoms with E-state index in [0.717, 1.165) is 4.31 Å². The number of hydrogen-bond donors (Lipinski definition) is 1. The van der Waals surface area contributed by atoms with E-state index < -0.39 is 27.4 Å². The van der Waals surface area contributed by atoms with Crippen molar-refractivity contribution < 1.29 is 27.9 Å². The summed E-state index contributed by atoms with van der Waals surface area (Å²) in [5, 5.41) is 9.28. The van der Waals surface area contributed by atoms with Crippen LogP contribution in [0.4, 0.5) is 0 Å². The Morgan fingerprint density at radius 3 is 2.48 bits per heavy atom. The van der Waals surface area contributed by atoms with Gasteiger partial charge in [-0.05, 0) is 51.8 Å². The molecule has 1 aromatic rings. The maximum absolute atomic E-state index is 12.8. The Hall–Kier alpha value is -1.93. The van der Waals surface area contributed by atoms with Crippen molar-refractivity contribution in [2.45, 2.75) is 45.1 Å². The monoisotopic (exact) mass is 369 g/mol. The van der Waals surface area contributed by atoms with E-state index in [1.165, 1.54) is 19.1 Å². The zero-order chi connectivity index (χ0) is 19.0. The van der Waals surface area contributed by atoms with Gasteiger partial charge in [0.15, 0.2) is 0 Å². The molecule has 0 saturated carbocycles. The maximum Gasteiger partial charge on any atom is 0.338 e. The molecule has 1 N–H and O–H groups in total. The average molecular weight is 369 g/mol. The lowest BCUT2D eigenvalue weighted by Crippen LogP contribution is -2.35. The van der Waals surface area contributed by atoms with Gasteiger partial charge in [-0.25, -0.2) is 13.2 Å². The lowest BCUT2D eigenvalue weighted by atomic mass is 9.90. The number of carboxylic acids is 1. The molecule has 0 amide bonds. The first kappa shape index (κ1) is 19.4. The van der Waals surface area contributed by atoms with Crippen LogP contribution in [0.25, 0.3) is 0 Å². The predicted molar refractivity (Wildman–Crippen MR) is 90.8 cm³/mol. The third-order valence-electron chi connectivity index (χ3n) is 4.36. The number of carbonyl (C=O) groups excluding carboxylic acids is 1. The van der Waals surface area contributed by atoms with Crippen LogP contribution >= 0.6 is 0 Å². The van der Waals surface area contributed by atoms with Crippen molar-refractivity contribution in [2.75, 3.05) is 13.1 Å². The molecule has 2 rings (SSSR count). The lowest BCUT2D eigenvalue weighted by molar-refractivity contribution is -0.146. The first-order chi connectivity index (χ1) is 11.5. The third kappa shape index (κ3) is 3.85. The zero-order valence-electron chi connectivity index (χ0n) is 14.8. The van der Waals surface area contributed by atoms with Crippen LogP contribution in [0.15, 0.2) is 23.1 Å².